The maximum absolute atomic E-state index is 5.91. The van der Waals surface area contributed by atoms with Gasteiger partial charge in [-0.2, -0.15) is 0 Å². The average molecular weight is 347 g/mol. The lowest BCUT2D eigenvalue weighted by atomic mass is 10.2. The van der Waals surface area contributed by atoms with Gasteiger partial charge in [0, 0.05) is 24.1 Å². The Morgan fingerprint density at radius 2 is 2.05 bits per heavy atom. The molecule has 0 fully saturated rings. The maximum Gasteiger partial charge on any atom is 0.224 e. The second-order valence-electron chi connectivity index (χ2n) is 3.78. The lowest BCUT2D eigenvalue weighted by Crippen LogP contribution is -2.24. The van der Waals surface area contributed by atoms with Gasteiger partial charge in [0.2, 0.25) is 5.28 Å². The summed E-state index contributed by atoms with van der Waals surface area (Å²) in [5.41, 5.74) is 0.775. The Morgan fingerprint density at radius 3 is 2.74 bits per heavy atom. The predicted octanol–water partition coefficient (Wildman–Crippen LogP) is 3.08. The van der Waals surface area contributed by atoms with E-state index in [1.807, 2.05) is 18.2 Å². The summed E-state index contributed by atoms with van der Waals surface area (Å²) >= 11 is 9.34. The first kappa shape index (κ1) is 14.5. The highest BCUT2D eigenvalue weighted by Crippen LogP contribution is 2.25. The maximum atomic E-state index is 5.91. The van der Waals surface area contributed by atoms with Crippen LogP contribution in [0.2, 0.25) is 5.28 Å². The molecule has 19 heavy (non-hydrogen) atoms. The van der Waals surface area contributed by atoms with Crippen molar-refractivity contribution in [2.75, 3.05) is 26.1 Å². The fourth-order valence-corrected chi connectivity index (χ4v) is 2.19. The molecule has 0 unspecified atom stereocenters. The van der Waals surface area contributed by atoms with Crippen LogP contribution in [-0.2, 0) is 9.47 Å². The van der Waals surface area contributed by atoms with E-state index in [4.69, 9.17) is 21.1 Å². The number of halogens is 2. The third-order valence-corrected chi connectivity index (χ3v) is 3.25. The quantitative estimate of drug-likeness (QED) is 0.666. The molecule has 0 atom stereocenters. The van der Waals surface area contributed by atoms with Crippen molar-refractivity contribution in [1.29, 1.82) is 0 Å². The Balaban J connectivity index is 2.33. The Kier molecular flexibility index (Phi) is 4.93. The fourth-order valence-electron chi connectivity index (χ4n) is 1.65. The molecule has 0 aliphatic rings. The number of aromatic nitrogens is 2. The smallest absolute Gasteiger partial charge is 0.224 e. The molecule has 5 nitrogen and oxygen atoms in total. The first-order valence-corrected chi connectivity index (χ1v) is 6.73. The van der Waals surface area contributed by atoms with E-state index < -0.39 is 0 Å². The lowest BCUT2D eigenvalue weighted by Gasteiger charge is -2.15. The third kappa shape index (κ3) is 3.54. The van der Waals surface area contributed by atoms with Crippen LogP contribution >= 0.6 is 27.5 Å². The zero-order valence-electron chi connectivity index (χ0n) is 10.5. The van der Waals surface area contributed by atoms with E-state index in [2.05, 4.69) is 31.2 Å². The number of rotatable bonds is 5. The summed E-state index contributed by atoms with van der Waals surface area (Å²) in [7, 11) is 3.16. The van der Waals surface area contributed by atoms with Crippen LogP contribution in [0.1, 0.15) is 0 Å². The Labute approximate surface area is 124 Å². The number of ether oxygens (including phenoxy) is 2. The molecule has 0 aliphatic heterocycles. The number of benzene rings is 1. The number of anilines is 1. The van der Waals surface area contributed by atoms with E-state index in [0.717, 1.165) is 15.4 Å². The van der Waals surface area contributed by atoms with Crippen molar-refractivity contribution in [3.05, 3.63) is 28.0 Å². The van der Waals surface area contributed by atoms with Crippen LogP contribution in [0.3, 0.4) is 0 Å². The summed E-state index contributed by atoms with van der Waals surface area (Å²) < 4.78 is 11.2. The second kappa shape index (κ2) is 6.47. The largest absolute Gasteiger partial charge is 0.364 e. The van der Waals surface area contributed by atoms with Crippen molar-refractivity contribution < 1.29 is 9.47 Å². The van der Waals surface area contributed by atoms with E-state index in [0.29, 0.717) is 12.4 Å². The highest BCUT2D eigenvalue weighted by Gasteiger charge is 2.10. The van der Waals surface area contributed by atoms with E-state index in [-0.39, 0.29) is 11.6 Å². The fraction of sp³-hybridized carbons (Fsp3) is 0.333. The first-order valence-electron chi connectivity index (χ1n) is 5.56. The molecule has 1 aromatic heterocycles. The average Bonchev–Trinajstić information content (AvgIpc) is 2.40. The van der Waals surface area contributed by atoms with E-state index in [9.17, 15) is 0 Å². The highest BCUT2D eigenvalue weighted by atomic mass is 79.9. The molecule has 1 aromatic carbocycles. The van der Waals surface area contributed by atoms with E-state index >= 15 is 0 Å². The van der Waals surface area contributed by atoms with Gasteiger partial charge in [-0.1, -0.05) is 15.9 Å². The molecule has 0 saturated carbocycles. The number of fused-ring (bicyclic) bond motifs is 1. The molecule has 0 aliphatic carbocycles. The molecule has 0 spiro atoms. The minimum atomic E-state index is -0.351. The topological polar surface area (TPSA) is 56.3 Å². The van der Waals surface area contributed by atoms with Crippen molar-refractivity contribution in [1.82, 2.24) is 9.97 Å². The summed E-state index contributed by atoms with van der Waals surface area (Å²) in [6, 6.07) is 5.72. The van der Waals surface area contributed by atoms with Gasteiger partial charge in [-0.05, 0) is 29.8 Å². The summed E-state index contributed by atoms with van der Waals surface area (Å²) in [5, 5.41) is 4.23. The van der Waals surface area contributed by atoms with Gasteiger partial charge in [0.15, 0.2) is 6.29 Å². The van der Waals surface area contributed by atoms with Crippen LogP contribution in [0.25, 0.3) is 10.9 Å². The number of hydrogen-bond donors (Lipinski definition) is 1. The van der Waals surface area contributed by atoms with Gasteiger partial charge in [-0.25, -0.2) is 9.97 Å². The second-order valence-corrected chi connectivity index (χ2v) is 5.04. The van der Waals surface area contributed by atoms with Gasteiger partial charge in [0.25, 0.3) is 0 Å². The van der Waals surface area contributed by atoms with Crippen LogP contribution in [0.15, 0.2) is 22.7 Å². The SMILES string of the molecule is COC(CNc1nc(Cl)nc2ccc(Br)cc12)OC. The van der Waals surface area contributed by atoms with Crippen molar-refractivity contribution in [2.45, 2.75) is 6.29 Å². The molecular formula is C12H13BrClN3O2. The van der Waals surface area contributed by atoms with Crippen LogP contribution in [0, 0.1) is 0 Å². The van der Waals surface area contributed by atoms with Crippen LogP contribution < -0.4 is 5.32 Å². The van der Waals surface area contributed by atoms with Crippen molar-refractivity contribution in [2.24, 2.45) is 0 Å². The summed E-state index contributed by atoms with van der Waals surface area (Å²) in [4.78, 5) is 8.37. The zero-order chi connectivity index (χ0) is 13.8. The molecule has 0 saturated heterocycles. The van der Waals surface area contributed by atoms with Gasteiger partial charge in [-0.15, -0.1) is 0 Å². The Morgan fingerprint density at radius 1 is 1.32 bits per heavy atom. The minimum absolute atomic E-state index is 0.198. The van der Waals surface area contributed by atoms with E-state index in [1.54, 1.807) is 14.2 Å². The minimum Gasteiger partial charge on any atom is -0.364 e. The van der Waals surface area contributed by atoms with Crippen LogP contribution in [0.5, 0.6) is 0 Å². The van der Waals surface area contributed by atoms with Gasteiger partial charge in [0.1, 0.15) is 5.82 Å². The number of nitrogens with one attached hydrogen (secondary N) is 1. The van der Waals surface area contributed by atoms with Crippen LogP contribution in [0.4, 0.5) is 5.82 Å². The lowest BCUT2D eigenvalue weighted by molar-refractivity contribution is -0.0914. The highest BCUT2D eigenvalue weighted by molar-refractivity contribution is 9.10. The summed E-state index contributed by atoms with van der Waals surface area (Å²) in [6.07, 6.45) is -0.351. The van der Waals surface area contributed by atoms with Crippen molar-refractivity contribution in [3.8, 4) is 0 Å². The number of nitrogens with zero attached hydrogens (tertiary/aromatic N) is 2. The molecule has 1 heterocycles. The molecule has 0 amide bonds. The van der Waals surface area contributed by atoms with Gasteiger partial charge in [0.05, 0.1) is 12.1 Å². The number of hydrogen-bond acceptors (Lipinski definition) is 5. The Hall–Kier alpha value is -0.950. The normalized spacial score (nSPS) is 11.2. The van der Waals surface area contributed by atoms with Gasteiger partial charge < -0.3 is 14.8 Å². The van der Waals surface area contributed by atoms with Crippen molar-refractivity contribution in [3.63, 3.8) is 0 Å². The molecule has 102 valence electrons. The first-order chi connectivity index (χ1) is 9.13. The summed E-state index contributed by atoms with van der Waals surface area (Å²) in [5.74, 6) is 0.649. The molecule has 0 radical (unpaired) electrons. The third-order valence-electron chi connectivity index (χ3n) is 2.59. The Bertz CT molecular complexity index is 578. The predicted molar refractivity (Wildman–Crippen MR) is 78.5 cm³/mol. The van der Waals surface area contributed by atoms with Crippen molar-refractivity contribution >= 4 is 44.3 Å². The van der Waals surface area contributed by atoms with Crippen LogP contribution in [-0.4, -0.2) is 37.0 Å². The summed E-state index contributed by atoms with van der Waals surface area (Å²) in [6.45, 7) is 0.460. The molecule has 0 bridgehead atoms. The molecule has 7 heteroatoms. The van der Waals surface area contributed by atoms with E-state index in [1.165, 1.54) is 0 Å². The zero-order valence-corrected chi connectivity index (χ0v) is 12.8. The number of methoxy groups -OCH3 is 2. The standard InChI is InChI=1S/C12H13BrClN3O2/c1-18-10(19-2)6-15-11-8-5-7(13)3-4-9(8)16-12(14)17-11/h3-5,10H,6H2,1-2H3,(H,15,16,17). The molecule has 2 rings (SSSR count). The monoisotopic (exact) mass is 345 g/mol. The van der Waals surface area contributed by atoms with Gasteiger partial charge in [-0.3, -0.25) is 0 Å². The molecular weight excluding hydrogens is 334 g/mol. The van der Waals surface area contributed by atoms with Gasteiger partial charge >= 0.3 is 0 Å². The molecule has 2 aromatic rings. The molecule has 1 N–H and O–H groups in total.